The predicted molar refractivity (Wildman–Crippen MR) is 69.7 cm³/mol. The molecule has 0 radical (unpaired) electrons. The Kier molecular flexibility index (Phi) is 5.77. The van der Waals surface area contributed by atoms with Crippen LogP contribution in [0.15, 0.2) is 0 Å². The van der Waals surface area contributed by atoms with Crippen molar-refractivity contribution in [2.24, 2.45) is 5.92 Å². The van der Waals surface area contributed by atoms with Crippen molar-refractivity contribution in [3.05, 3.63) is 0 Å². The second kappa shape index (κ2) is 6.61. The third-order valence-corrected chi connectivity index (χ3v) is 3.63. The second-order valence-electron chi connectivity index (χ2n) is 5.75. The van der Waals surface area contributed by atoms with Gasteiger partial charge in [0.1, 0.15) is 0 Å². The van der Waals surface area contributed by atoms with Crippen molar-refractivity contribution in [3.63, 3.8) is 0 Å². The van der Waals surface area contributed by atoms with Gasteiger partial charge in [-0.2, -0.15) is 0 Å². The highest BCUT2D eigenvalue weighted by molar-refractivity contribution is 4.89. The molecule has 1 N–H and O–H groups in total. The van der Waals surface area contributed by atoms with Crippen LogP contribution in [0.5, 0.6) is 0 Å². The molecule has 0 aromatic carbocycles. The fourth-order valence-electron chi connectivity index (χ4n) is 2.37. The normalized spacial score (nSPS) is 30.9. The first-order valence-electron chi connectivity index (χ1n) is 6.95. The van der Waals surface area contributed by atoms with Crippen LogP contribution in [-0.2, 0) is 4.74 Å². The van der Waals surface area contributed by atoms with Crippen molar-refractivity contribution >= 4 is 0 Å². The molecule has 0 saturated heterocycles. The summed E-state index contributed by atoms with van der Waals surface area (Å²) in [4.78, 5) is 0. The van der Waals surface area contributed by atoms with Gasteiger partial charge in [-0.05, 0) is 38.0 Å². The van der Waals surface area contributed by atoms with Gasteiger partial charge in [0.2, 0.25) is 0 Å². The van der Waals surface area contributed by atoms with Gasteiger partial charge in [0.05, 0.1) is 5.60 Å². The van der Waals surface area contributed by atoms with Crippen LogP contribution in [0, 0.1) is 5.92 Å². The summed E-state index contributed by atoms with van der Waals surface area (Å²) in [6, 6.07) is 0.557. The van der Waals surface area contributed by atoms with E-state index in [0.29, 0.717) is 6.04 Å². The third-order valence-electron chi connectivity index (χ3n) is 3.63. The molecule has 1 fully saturated rings. The van der Waals surface area contributed by atoms with Crippen LogP contribution < -0.4 is 5.32 Å². The molecule has 1 aliphatic carbocycles. The highest BCUT2D eigenvalue weighted by atomic mass is 16.5. The van der Waals surface area contributed by atoms with E-state index >= 15 is 0 Å². The number of hydrogen-bond donors (Lipinski definition) is 1. The molecular formula is C14H29NO. The summed E-state index contributed by atoms with van der Waals surface area (Å²) in [5.41, 5.74) is 0.132. The van der Waals surface area contributed by atoms with Gasteiger partial charge in [0, 0.05) is 19.2 Å². The molecule has 0 bridgehead atoms. The lowest BCUT2D eigenvalue weighted by atomic mass is 9.79. The molecule has 96 valence electrons. The molecule has 0 spiro atoms. The first kappa shape index (κ1) is 14.0. The minimum Gasteiger partial charge on any atom is -0.374 e. The van der Waals surface area contributed by atoms with Gasteiger partial charge in [0.25, 0.3) is 0 Å². The number of rotatable bonds is 6. The molecule has 1 aliphatic rings. The minimum atomic E-state index is 0.132. The molecule has 1 saturated carbocycles. The van der Waals surface area contributed by atoms with Gasteiger partial charge in [-0.15, -0.1) is 0 Å². The maximum Gasteiger partial charge on any atom is 0.0806 e. The van der Waals surface area contributed by atoms with Crippen LogP contribution in [0.25, 0.3) is 0 Å². The fourth-order valence-corrected chi connectivity index (χ4v) is 2.37. The van der Waals surface area contributed by atoms with E-state index in [1.165, 1.54) is 25.7 Å². The van der Waals surface area contributed by atoms with Crippen molar-refractivity contribution in [3.8, 4) is 0 Å². The Balaban J connectivity index is 2.47. The smallest absolute Gasteiger partial charge is 0.0806 e. The summed E-state index contributed by atoms with van der Waals surface area (Å²) in [7, 11) is 0. The summed E-state index contributed by atoms with van der Waals surface area (Å²) in [6.07, 6.45) is 6.23. The summed E-state index contributed by atoms with van der Waals surface area (Å²) >= 11 is 0. The summed E-state index contributed by atoms with van der Waals surface area (Å²) < 4.78 is 6.16. The minimum absolute atomic E-state index is 0.132. The summed E-state index contributed by atoms with van der Waals surface area (Å²) in [5.74, 6) is 0.886. The number of nitrogens with one attached hydrogen (secondary N) is 1. The average molecular weight is 227 g/mol. The van der Waals surface area contributed by atoms with E-state index in [1.807, 2.05) is 0 Å². The summed E-state index contributed by atoms with van der Waals surface area (Å²) in [6.45, 7) is 10.9. The molecule has 2 heteroatoms. The number of ether oxygens (including phenoxy) is 1. The Bertz CT molecular complexity index is 178. The molecule has 16 heavy (non-hydrogen) atoms. The van der Waals surface area contributed by atoms with Crippen molar-refractivity contribution in [1.29, 1.82) is 0 Å². The van der Waals surface area contributed by atoms with Crippen LogP contribution in [0.4, 0.5) is 0 Å². The largest absolute Gasteiger partial charge is 0.374 e. The molecule has 0 atom stereocenters. The maximum absolute atomic E-state index is 6.16. The molecule has 2 nitrogen and oxygen atoms in total. The molecule has 0 amide bonds. The Morgan fingerprint density at radius 1 is 1.31 bits per heavy atom. The van der Waals surface area contributed by atoms with Crippen LogP contribution in [0.3, 0.4) is 0 Å². The van der Waals surface area contributed by atoms with Gasteiger partial charge >= 0.3 is 0 Å². The van der Waals surface area contributed by atoms with Crippen LogP contribution in [0.2, 0.25) is 0 Å². The van der Waals surface area contributed by atoms with Gasteiger partial charge in [-0.3, -0.25) is 0 Å². The molecule has 0 heterocycles. The standard InChI is InChI=1S/C14H29NO/c1-5-10-16-14(11-15-12(2)3)8-6-13(4)7-9-14/h12-13,15H,5-11H2,1-4H3. The van der Waals surface area contributed by atoms with E-state index in [4.69, 9.17) is 4.74 Å². The first-order valence-corrected chi connectivity index (χ1v) is 6.95. The van der Waals surface area contributed by atoms with Crippen molar-refractivity contribution in [1.82, 2.24) is 5.32 Å². The SMILES string of the molecule is CCCOC1(CNC(C)C)CCC(C)CC1. The van der Waals surface area contributed by atoms with E-state index < -0.39 is 0 Å². The Hall–Kier alpha value is -0.0800. The van der Waals surface area contributed by atoms with E-state index in [1.54, 1.807) is 0 Å². The van der Waals surface area contributed by atoms with Gasteiger partial charge in [0.15, 0.2) is 0 Å². The zero-order valence-electron chi connectivity index (χ0n) is 11.5. The van der Waals surface area contributed by atoms with E-state index in [0.717, 1.165) is 25.5 Å². The summed E-state index contributed by atoms with van der Waals surface area (Å²) in [5, 5.41) is 3.55. The average Bonchev–Trinajstić information content (AvgIpc) is 2.27. The zero-order valence-corrected chi connectivity index (χ0v) is 11.5. The lowest BCUT2D eigenvalue weighted by molar-refractivity contribution is -0.0758. The molecule has 0 aliphatic heterocycles. The fraction of sp³-hybridized carbons (Fsp3) is 1.00. The van der Waals surface area contributed by atoms with Gasteiger partial charge in [-0.1, -0.05) is 27.7 Å². The Morgan fingerprint density at radius 2 is 1.94 bits per heavy atom. The first-order chi connectivity index (χ1) is 7.58. The van der Waals surface area contributed by atoms with Gasteiger partial charge < -0.3 is 10.1 Å². The topological polar surface area (TPSA) is 21.3 Å². The Labute approximate surface area is 101 Å². The van der Waals surface area contributed by atoms with Gasteiger partial charge in [-0.25, -0.2) is 0 Å². The van der Waals surface area contributed by atoms with Crippen molar-refractivity contribution in [2.45, 2.75) is 71.4 Å². The van der Waals surface area contributed by atoms with Crippen LogP contribution in [0.1, 0.15) is 59.8 Å². The molecule has 1 rings (SSSR count). The van der Waals surface area contributed by atoms with E-state index in [2.05, 4.69) is 33.0 Å². The molecule has 0 aromatic heterocycles. The highest BCUT2D eigenvalue weighted by Crippen LogP contribution is 2.34. The predicted octanol–water partition coefficient (Wildman–Crippen LogP) is 3.36. The van der Waals surface area contributed by atoms with E-state index in [9.17, 15) is 0 Å². The highest BCUT2D eigenvalue weighted by Gasteiger charge is 2.34. The quantitative estimate of drug-likeness (QED) is 0.751. The number of hydrogen-bond acceptors (Lipinski definition) is 2. The molecule has 0 aromatic rings. The van der Waals surface area contributed by atoms with Crippen molar-refractivity contribution in [2.75, 3.05) is 13.2 Å². The lowest BCUT2D eigenvalue weighted by Crippen LogP contribution is -2.47. The molecule has 0 unspecified atom stereocenters. The molecular weight excluding hydrogens is 198 g/mol. The Morgan fingerprint density at radius 3 is 2.44 bits per heavy atom. The third kappa shape index (κ3) is 4.42. The van der Waals surface area contributed by atoms with Crippen LogP contribution in [-0.4, -0.2) is 24.8 Å². The van der Waals surface area contributed by atoms with Crippen LogP contribution >= 0.6 is 0 Å². The second-order valence-corrected chi connectivity index (χ2v) is 5.75. The zero-order chi connectivity index (χ0) is 12.0. The van der Waals surface area contributed by atoms with E-state index in [-0.39, 0.29) is 5.60 Å². The lowest BCUT2D eigenvalue weighted by Gasteiger charge is -2.40. The van der Waals surface area contributed by atoms with Crippen molar-refractivity contribution < 1.29 is 4.74 Å². The maximum atomic E-state index is 6.16. The monoisotopic (exact) mass is 227 g/mol.